The van der Waals surface area contributed by atoms with E-state index in [0.29, 0.717) is 11.1 Å². The molecular weight excluding hydrogens is 146 g/mol. The van der Waals surface area contributed by atoms with E-state index in [0.717, 1.165) is 11.8 Å². The summed E-state index contributed by atoms with van der Waals surface area (Å²) in [6, 6.07) is 0. The van der Waals surface area contributed by atoms with Crippen LogP contribution in [0.15, 0.2) is 0 Å². The highest BCUT2D eigenvalue weighted by atomic mass is 15.2. The lowest BCUT2D eigenvalue weighted by Crippen LogP contribution is -2.69. The van der Waals surface area contributed by atoms with Gasteiger partial charge in [0.15, 0.2) is 0 Å². The van der Waals surface area contributed by atoms with Crippen molar-refractivity contribution in [3.63, 3.8) is 0 Å². The SMILES string of the molecule is CC(C)C12CCC(C(C)C)(C1)N2. The molecule has 2 unspecified atom stereocenters. The highest BCUT2D eigenvalue weighted by Gasteiger charge is 2.62. The van der Waals surface area contributed by atoms with Crippen molar-refractivity contribution >= 4 is 0 Å². The quantitative estimate of drug-likeness (QED) is 0.666. The molecule has 3 fully saturated rings. The second kappa shape index (κ2) is 2.25. The van der Waals surface area contributed by atoms with Gasteiger partial charge in [0.2, 0.25) is 0 Å². The highest BCUT2D eigenvalue weighted by Crippen LogP contribution is 2.55. The van der Waals surface area contributed by atoms with Gasteiger partial charge in [0.1, 0.15) is 0 Å². The van der Waals surface area contributed by atoms with Gasteiger partial charge in [-0.2, -0.15) is 0 Å². The Balaban J connectivity index is 2.10. The Labute approximate surface area is 75.9 Å². The fourth-order valence-electron chi connectivity index (χ4n) is 3.06. The molecule has 2 atom stereocenters. The van der Waals surface area contributed by atoms with Crippen LogP contribution in [0.3, 0.4) is 0 Å². The topological polar surface area (TPSA) is 12.0 Å². The Hall–Kier alpha value is -0.0400. The normalized spacial score (nSPS) is 45.5. The Morgan fingerprint density at radius 1 is 0.917 bits per heavy atom. The van der Waals surface area contributed by atoms with Crippen LogP contribution in [0.1, 0.15) is 47.0 Å². The van der Waals surface area contributed by atoms with Crippen molar-refractivity contribution in [1.29, 1.82) is 0 Å². The summed E-state index contributed by atoms with van der Waals surface area (Å²) in [5, 5.41) is 3.84. The van der Waals surface area contributed by atoms with Crippen molar-refractivity contribution in [1.82, 2.24) is 5.32 Å². The van der Waals surface area contributed by atoms with Crippen LogP contribution in [0.25, 0.3) is 0 Å². The lowest BCUT2D eigenvalue weighted by molar-refractivity contribution is 0.0499. The third-order valence-corrected chi connectivity index (χ3v) is 4.36. The van der Waals surface area contributed by atoms with E-state index in [-0.39, 0.29) is 0 Å². The number of hydrogen-bond acceptors (Lipinski definition) is 1. The molecule has 2 saturated heterocycles. The molecule has 0 spiro atoms. The Morgan fingerprint density at radius 3 is 1.42 bits per heavy atom. The summed E-state index contributed by atoms with van der Waals surface area (Å²) in [6.45, 7) is 9.40. The summed E-state index contributed by atoms with van der Waals surface area (Å²) in [7, 11) is 0. The summed E-state index contributed by atoms with van der Waals surface area (Å²) in [5.41, 5.74) is 1.06. The minimum Gasteiger partial charge on any atom is -0.305 e. The van der Waals surface area contributed by atoms with Crippen LogP contribution in [0.5, 0.6) is 0 Å². The maximum Gasteiger partial charge on any atom is 0.0228 e. The molecule has 0 aromatic carbocycles. The van der Waals surface area contributed by atoms with E-state index < -0.39 is 0 Å². The van der Waals surface area contributed by atoms with Gasteiger partial charge in [0.05, 0.1) is 0 Å². The fraction of sp³-hybridized carbons (Fsp3) is 1.00. The van der Waals surface area contributed by atoms with Crippen molar-refractivity contribution in [3.05, 3.63) is 0 Å². The average molecular weight is 167 g/mol. The Kier molecular flexibility index (Phi) is 1.61. The van der Waals surface area contributed by atoms with Crippen LogP contribution in [0.4, 0.5) is 0 Å². The van der Waals surface area contributed by atoms with Gasteiger partial charge in [-0.05, 0) is 31.1 Å². The zero-order chi connectivity index (χ0) is 8.98. The van der Waals surface area contributed by atoms with Crippen LogP contribution in [0.2, 0.25) is 0 Å². The van der Waals surface area contributed by atoms with E-state index in [9.17, 15) is 0 Å². The van der Waals surface area contributed by atoms with E-state index in [4.69, 9.17) is 0 Å². The second-order valence-corrected chi connectivity index (χ2v) is 5.42. The smallest absolute Gasteiger partial charge is 0.0228 e. The largest absolute Gasteiger partial charge is 0.305 e. The molecule has 2 aliphatic heterocycles. The first-order valence-electron chi connectivity index (χ1n) is 5.30. The molecular formula is C11H21N. The number of hydrogen-bond donors (Lipinski definition) is 1. The zero-order valence-corrected chi connectivity index (χ0v) is 8.78. The monoisotopic (exact) mass is 167 g/mol. The number of fused-ring (bicyclic) bond motifs is 1. The first kappa shape index (κ1) is 8.55. The van der Waals surface area contributed by atoms with Crippen LogP contribution in [0, 0.1) is 11.8 Å². The molecule has 1 saturated carbocycles. The predicted molar refractivity (Wildman–Crippen MR) is 52.1 cm³/mol. The third kappa shape index (κ3) is 0.834. The molecule has 70 valence electrons. The van der Waals surface area contributed by atoms with Gasteiger partial charge < -0.3 is 5.32 Å². The molecule has 1 nitrogen and oxygen atoms in total. The molecule has 0 aromatic rings. The molecule has 1 N–H and O–H groups in total. The van der Waals surface area contributed by atoms with Crippen LogP contribution >= 0.6 is 0 Å². The van der Waals surface area contributed by atoms with Crippen molar-refractivity contribution in [2.45, 2.75) is 58.0 Å². The van der Waals surface area contributed by atoms with Crippen LogP contribution < -0.4 is 5.32 Å². The summed E-state index contributed by atoms with van der Waals surface area (Å²) < 4.78 is 0. The van der Waals surface area contributed by atoms with Gasteiger partial charge in [0, 0.05) is 11.1 Å². The maximum absolute atomic E-state index is 3.84. The van der Waals surface area contributed by atoms with Crippen LogP contribution in [-0.4, -0.2) is 11.1 Å². The van der Waals surface area contributed by atoms with Gasteiger partial charge in [-0.15, -0.1) is 0 Å². The fourth-order valence-corrected chi connectivity index (χ4v) is 3.06. The molecule has 3 aliphatic rings. The molecule has 0 amide bonds. The molecule has 0 aromatic heterocycles. The highest BCUT2D eigenvalue weighted by molar-refractivity contribution is 5.21. The minimum absolute atomic E-state index is 0.532. The van der Waals surface area contributed by atoms with E-state index in [1.165, 1.54) is 19.3 Å². The summed E-state index contributed by atoms with van der Waals surface area (Å²) in [4.78, 5) is 0. The number of nitrogens with one attached hydrogen (secondary N) is 1. The van der Waals surface area contributed by atoms with E-state index >= 15 is 0 Å². The minimum atomic E-state index is 0.532. The molecule has 3 rings (SSSR count). The molecule has 2 heterocycles. The van der Waals surface area contributed by atoms with Crippen LogP contribution in [-0.2, 0) is 0 Å². The Morgan fingerprint density at radius 2 is 1.25 bits per heavy atom. The average Bonchev–Trinajstić information content (AvgIpc) is 2.37. The lowest BCUT2D eigenvalue weighted by Gasteiger charge is -2.54. The maximum atomic E-state index is 3.84. The second-order valence-electron chi connectivity index (χ2n) is 5.42. The van der Waals surface area contributed by atoms with Gasteiger partial charge >= 0.3 is 0 Å². The van der Waals surface area contributed by atoms with Gasteiger partial charge in [-0.25, -0.2) is 0 Å². The number of rotatable bonds is 2. The Bertz CT molecular complexity index is 167. The molecule has 1 heteroatoms. The molecule has 1 aliphatic carbocycles. The van der Waals surface area contributed by atoms with E-state index in [1.807, 2.05) is 0 Å². The van der Waals surface area contributed by atoms with Crippen molar-refractivity contribution < 1.29 is 0 Å². The van der Waals surface area contributed by atoms with Gasteiger partial charge in [-0.3, -0.25) is 0 Å². The van der Waals surface area contributed by atoms with Crippen molar-refractivity contribution in [2.24, 2.45) is 11.8 Å². The molecule has 0 radical (unpaired) electrons. The predicted octanol–water partition coefficient (Wildman–Crippen LogP) is 2.56. The molecule has 12 heavy (non-hydrogen) atoms. The first-order chi connectivity index (χ1) is 5.51. The van der Waals surface area contributed by atoms with Crippen molar-refractivity contribution in [3.8, 4) is 0 Å². The third-order valence-electron chi connectivity index (χ3n) is 4.36. The lowest BCUT2D eigenvalue weighted by atomic mass is 9.70. The van der Waals surface area contributed by atoms with Crippen molar-refractivity contribution in [2.75, 3.05) is 0 Å². The zero-order valence-electron chi connectivity index (χ0n) is 8.78. The summed E-state index contributed by atoms with van der Waals surface area (Å²) in [6.07, 6.45) is 4.24. The summed E-state index contributed by atoms with van der Waals surface area (Å²) >= 11 is 0. The van der Waals surface area contributed by atoms with E-state index in [1.54, 1.807) is 0 Å². The van der Waals surface area contributed by atoms with Gasteiger partial charge in [-0.1, -0.05) is 27.7 Å². The van der Waals surface area contributed by atoms with E-state index in [2.05, 4.69) is 33.0 Å². The van der Waals surface area contributed by atoms with Gasteiger partial charge in [0.25, 0.3) is 0 Å². The molecule has 2 bridgehead atoms. The summed E-state index contributed by atoms with van der Waals surface area (Å²) in [5.74, 6) is 1.62. The first-order valence-corrected chi connectivity index (χ1v) is 5.30. The standard InChI is InChI=1S/C11H21N/c1-8(2)10-5-6-11(7-10,12-10)9(3)4/h8-9,12H,5-7H2,1-4H3.